The fraction of sp³-hybridized carbons (Fsp3) is 0.500. The van der Waals surface area contributed by atoms with Gasteiger partial charge in [-0.2, -0.15) is 0 Å². The molecule has 1 unspecified atom stereocenters. The zero-order chi connectivity index (χ0) is 15.0. The van der Waals surface area contributed by atoms with Crippen molar-refractivity contribution < 1.29 is 13.3 Å². The molecule has 1 aromatic rings. The lowest BCUT2D eigenvalue weighted by atomic mass is 9.98. The molecule has 21 heavy (non-hydrogen) atoms. The van der Waals surface area contributed by atoms with Gasteiger partial charge < -0.3 is 5.73 Å². The van der Waals surface area contributed by atoms with Crippen LogP contribution < -0.4 is 10.5 Å². The topological polar surface area (TPSA) is 115 Å². The first-order valence-corrected chi connectivity index (χ1v) is 7.75. The molecule has 7 nitrogen and oxygen atoms in total. The van der Waals surface area contributed by atoms with Crippen LogP contribution in [0.4, 0.5) is 5.69 Å². The standard InChI is InChI=1S/C12H17N3O4S.ClH/c1-12(8-13,9-2-3-9)14-20(18,19)11-6-4-10(5-7-11)15(16)17;/h4-7,9,14H,2-3,8,13H2,1H3;1H. The highest BCUT2D eigenvalue weighted by Crippen LogP contribution is 2.39. The van der Waals surface area contributed by atoms with Crippen molar-refractivity contribution >= 4 is 28.1 Å². The summed E-state index contributed by atoms with van der Waals surface area (Å²) in [6, 6.07) is 4.80. The first-order valence-electron chi connectivity index (χ1n) is 6.27. The number of nitro benzene ring substituents is 1. The minimum absolute atomic E-state index is 0. The van der Waals surface area contributed by atoms with Gasteiger partial charge in [0.05, 0.1) is 9.82 Å². The van der Waals surface area contributed by atoms with E-state index in [9.17, 15) is 18.5 Å². The van der Waals surface area contributed by atoms with Crippen molar-refractivity contribution in [1.29, 1.82) is 0 Å². The molecule has 0 heterocycles. The van der Waals surface area contributed by atoms with Crippen molar-refractivity contribution in [3.05, 3.63) is 34.4 Å². The molecule has 0 amide bonds. The fourth-order valence-electron chi connectivity index (χ4n) is 2.13. The second-order valence-corrected chi connectivity index (χ2v) is 6.93. The number of halogens is 1. The Hall–Kier alpha value is -1.22. The monoisotopic (exact) mass is 335 g/mol. The molecular formula is C12H18ClN3O4S. The molecule has 0 spiro atoms. The second kappa shape index (κ2) is 6.27. The van der Waals surface area contributed by atoms with E-state index in [-0.39, 0.29) is 35.5 Å². The highest BCUT2D eigenvalue weighted by atomic mass is 35.5. The van der Waals surface area contributed by atoms with Gasteiger partial charge in [0, 0.05) is 24.2 Å². The third-order valence-electron chi connectivity index (χ3n) is 3.63. The van der Waals surface area contributed by atoms with Gasteiger partial charge in [-0.3, -0.25) is 10.1 Å². The van der Waals surface area contributed by atoms with E-state index in [1.807, 2.05) is 0 Å². The van der Waals surface area contributed by atoms with Crippen LogP contribution in [0.5, 0.6) is 0 Å². The summed E-state index contributed by atoms with van der Waals surface area (Å²) in [4.78, 5) is 9.99. The molecule has 0 aliphatic heterocycles. The van der Waals surface area contributed by atoms with Crippen molar-refractivity contribution in [3.8, 4) is 0 Å². The normalized spacial score (nSPS) is 17.6. The summed E-state index contributed by atoms with van der Waals surface area (Å²) in [6.45, 7) is 2.00. The third kappa shape index (κ3) is 3.91. The maximum atomic E-state index is 12.3. The number of nitrogens with one attached hydrogen (secondary N) is 1. The maximum absolute atomic E-state index is 12.3. The summed E-state index contributed by atoms with van der Waals surface area (Å²) < 4.78 is 27.2. The Morgan fingerprint density at radius 3 is 2.29 bits per heavy atom. The quantitative estimate of drug-likeness (QED) is 0.602. The smallest absolute Gasteiger partial charge is 0.269 e. The molecule has 1 aliphatic rings. The molecule has 118 valence electrons. The average Bonchev–Trinajstić information content (AvgIpc) is 3.23. The summed E-state index contributed by atoms with van der Waals surface area (Å²) in [5, 5.41) is 10.6. The van der Waals surface area contributed by atoms with Crippen LogP contribution in [0, 0.1) is 16.0 Å². The molecule has 3 N–H and O–H groups in total. The first kappa shape index (κ1) is 17.8. The molecule has 1 aliphatic carbocycles. The lowest BCUT2D eigenvalue weighted by molar-refractivity contribution is -0.384. The van der Waals surface area contributed by atoms with Crippen LogP contribution in [0.3, 0.4) is 0 Å². The second-order valence-electron chi connectivity index (χ2n) is 5.25. The highest BCUT2D eigenvalue weighted by Gasteiger charge is 2.43. The van der Waals surface area contributed by atoms with E-state index in [0.717, 1.165) is 12.8 Å². The Morgan fingerprint density at radius 2 is 1.90 bits per heavy atom. The van der Waals surface area contributed by atoms with Gasteiger partial charge in [0.1, 0.15) is 0 Å². The largest absolute Gasteiger partial charge is 0.329 e. The molecule has 1 saturated carbocycles. The molecule has 0 bridgehead atoms. The van der Waals surface area contributed by atoms with E-state index >= 15 is 0 Å². The Bertz CT molecular complexity index is 616. The molecule has 2 rings (SSSR count). The Morgan fingerprint density at radius 1 is 1.38 bits per heavy atom. The van der Waals surface area contributed by atoms with Gasteiger partial charge in [-0.15, -0.1) is 12.4 Å². The number of hydrogen-bond acceptors (Lipinski definition) is 5. The number of rotatable bonds is 6. The molecule has 9 heteroatoms. The van der Waals surface area contributed by atoms with Crippen LogP contribution in [-0.4, -0.2) is 25.4 Å². The summed E-state index contributed by atoms with van der Waals surface area (Å²) in [7, 11) is -3.73. The van der Waals surface area contributed by atoms with Gasteiger partial charge in [-0.1, -0.05) is 0 Å². The van der Waals surface area contributed by atoms with Crippen molar-refractivity contribution in [1.82, 2.24) is 4.72 Å². The van der Waals surface area contributed by atoms with Crippen LogP contribution >= 0.6 is 12.4 Å². The number of nitrogens with zero attached hydrogens (tertiary/aromatic N) is 1. The Kier molecular flexibility index (Phi) is 5.32. The number of non-ortho nitro benzene ring substituents is 1. The molecule has 1 atom stereocenters. The van der Waals surface area contributed by atoms with E-state index in [1.54, 1.807) is 6.92 Å². The third-order valence-corrected chi connectivity index (χ3v) is 5.26. The number of nitro groups is 1. The lowest BCUT2D eigenvalue weighted by Crippen LogP contribution is -2.52. The number of benzene rings is 1. The average molecular weight is 336 g/mol. The molecule has 1 fully saturated rings. The minimum atomic E-state index is -3.73. The molecule has 0 radical (unpaired) electrons. The minimum Gasteiger partial charge on any atom is -0.329 e. The predicted octanol–water partition coefficient (Wildman–Crippen LogP) is 1.42. The number of hydrogen-bond donors (Lipinski definition) is 2. The fourth-order valence-corrected chi connectivity index (χ4v) is 3.60. The molecule has 0 saturated heterocycles. The van der Waals surface area contributed by atoms with Crippen molar-refractivity contribution in [2.45, 2.75) is 30.2 Å². The maximum Gasteiger partial charge on any atom is 0.269 e. The predicted molar refractivity (Wildman–Crippen MR) is 80.8 cm³/mol. The van der Waals surface area contributed by atoms with E-state index < -0.39 is 20.5 Å². The Balaban J connectivity index is 0.00000220. The zero-order valence-corrected chi connectivity index (χ0v) is 13.1. The van der Waals surface area contributed by atoms with Crippen molar-refractivity contribution in [3.63, 3.8) is 0 Å². The van der Waals surface area contributed by atoms with Gasteiger partial charge >= 0.3 is 0 Å². The molecular weight excluding hydrogens is 318 g/mol. The SMILES string of the molecule is CC(CN)(NS(=O)(=O)c1ccc([N+](=O)[O-])cc1)C1CC1.Cl. The summed E-state index contributed by atoms with van der Waals surface area (Å²) in [5.41, 5.74) is 4.87. The summed E-state index contributed by atoms with van der Waals surface area (Å²) in [6.07, 6.45) is 1.91. The van der Waals surface area contributed by atoms with Crippen molar-refractivity contribution in [2.24, 2.45) is 11.7 Å². The lowest BCUT2D eigenvalue weighted by Gasteiger charge is -2.29. The zero-order valence-electron chi connectivity index (χ0n) is 11.5. The van der Waals surface area contributed by atoms with Gasteiger partial charge in [-0.25, -0.2) is 13.1 Å². The van der Waals surface area contributed by atoms with E-state index in [1.165, 1.54) is 24.3 Å². The van der Waals surface area contributed by atoms with Crippen LogP contribution in [-0.2, 0) is 10.0 Å². The van der Waals surface area contributed by atoms with Crippen molar-refractivity contribution in [2.75, 3.05) is 6.54 Å². The van der Waals surface area contributed by atoms with Gasteiger partial charge in [0.2, 0.25) is 10.0 Å². The van der Waals surface area contributed by atoms with Gasteiger partial charge in [0.15, 0.2) is 0 Å². The Labute approximate surface area is 129 Å². The first-order chi connectivity index (χ1) is 9.28. The van der Waals surface area contributed by atoms with Gasteiger partial charge in [-0.05, 0) is 37.8 Å². The van der Waals surface area contributed by atoms with Gasteiger partial charge in [0.25, 0.3) is 5.69 Å². The van der Waals surface area contributed by atoms with E-state index in [4.69, 9.17) is 5.73 Å². The van der Waals surface area contributed by atoms with Crippen LogP contribution in [0.1, 0.15) is 19.8 Å². The van der Waals surface area contributed by atoms with Crippen LogP contribution in [0.25, 0.3) is 0 Å². The summed E-state index contributed by atoms with van der Waals surface area (Å²) in [5.74, 6) is 0.250. The van der Waals surface area contributed by atoms with E-state index in [2.05, 4.69) is 4.72 Å². The van der Waals surface area contributed by atoms with E-state index in [0.29, 0.717) is 0 Å². The molecule has 1 aromatic carbocycles. The molecule has 0 aromatic heterocycles. The van der Waals surface area contributed by atoms with Crippen LogP contribution in [0.15, 0.2) is 29.2 Å². The number of nitrogens with two attached hydrogens (primary N) is 1. The summed E-state index contributed by atoms with van der Waals surface area (Å²) >= 11 is 0. The number of sulfonamides is 1. The highest BCUT2D eigenvalue weighted by molar-refractivity contribution is 7.89. The van der Waals surface area contributed by atoms with Crippen LogP contribution in [0.2, 0.25) is 0 Å².